The number of rotatable bonds is 4. The van der Waals surface area contributed by atoms with Crippen molar-refractivity contribution in [2.24, 2.45) is 5.92 Å². The molecule has 0 N–H and O–H groups in total. The van der Waals surface area contributed by atoms with Gasteiger partial charge in [-0.15, -0.1) is 0 Å². The smallest absolute Gasteiger partial charge is 0.375 e. The van der Waals surface area contributed by atoms with Crippen molar-refractivity contribution < 1.29 is 27.4 Å². The first kappa shape index (κ1) is 16.1. The van der Waals surface area contributed by atoms with E-state index in [0.29, 0.717) is 19.4 Å². The molecule has 0 saturated carbocycles. The molecule has 2 aliphatic rings. The van der Waals surface area contributed by atoms with Gasteiger partial charge in [-0.05, 0) is 37.2 Å². The minimum Gasteiger partial charge on any atom is -0.375 e. The molecule has 1 atom stereocenters. The van der Waals surface area contributed by atoms with E-state index >= 15 is 0 Å². The molecule has 0 aliphatic carbocycles. The van der Waals surface area contributed by atoms with Crippen LogP contribution < -0.4 is 0 Å². The van der Waals surface area contributed by atoms with Crippen LogP contribution in [0.15, 0.2) is 0 Å². The summed E-state index contributed by atoms with van der Waals surface area (Å²) in [5.41, 5.74) is -0.228. The Kier molecular flexibility index (Phi) is 5.36. The van der Waals surface area contributed by atoms with Gasteiger partial charge in [0.15, 0.2) is 5.78 Å². The Bertz CT molecular complexity index is 335. The number of thioether (sulfide) groups is 1. The monoisotopic (exact) mass is 312 g/mol. The average molecular weight is 312 g/mol. The molecular formula is C13H19F3O3S. The number of ether oxygens (including phenoxy) is 2. The summed E-state index contributed by atoms with van der Waals surface area (Å²) in [7, 11) is 0. The predicted molar refractivity (Wildman–Crippen MR) is 69.8 cm³/mol. The van der Waals surface area contributed by atoms with Gasteiger partial charge in [-0.25, -0.2) is 0 Å². The van der Waals surface area contributed by atoms with Crippen molar-refractivity contribution in [1.29, 1.82) is 0 Å². The summed E-state index contributed by atoms with van der Waals surface area (Å²) in [5.74, 6) is 1.59. The van der Waals surface area contributed by atoms with Gasteiger partial charge >= 0.3 is 6.18 Å². The maximum absolute atomic E-state index is 12.0. The number of hydrogen-bond donors (Lipinski definition) is 0. The summed E-state index contributed by atoms with van der Waals surface area (Å²) in [4.78, 5) is 12.0. The molecule has 0 radical (unpaired) electrons. The molecule has 0 aromatic rings. The molecule has 2 fully saturated rings. The van der Waals surface area contributed by atoms with Crippen molar-refractivity contribution in [3.8, 4) is 0 Å². The van der Waals surface area contributed by atoms with Gasteiger partial charge in [0.25, 0.3) is 0 Å². The maximum atomic E-state index is 12.0. The minimum atomic E-state index is -4.38. The third-order valence-corrected chi connectivity index (χ3v) is 4.85. The molecule has 1 unspecified atom stereocenters. The summed E-state index contributed by atoms with van der Waals surface area (Å²) >= 11 is 1.87. The Morgan fingerprint density at radius 1 is 1.35 bits per heavy atom. The summed E-state index contributed by atoms with van der Waals surface area (Å²) in [6.07, 6.45) is -1.32. The zero-order valence-electron chi connectivity index (χ0n) is 11.2. The van der Waals surface area contributed by atoms with E-state index in [1.807, 2.05) is 11.8 Å². The largest absolute Gasteiger partial charge is 0.411 e. The van der Waals surface area contributed by atoms with Crippen LogP contribution in [-0.2, 0) is 14.3 Å². The van der Waals surface area contributed by atoms with Crippen LogP contribution in [0.1, 0.15) is 25.7 Å². The van der Waals surface area contributed by atoms with Gasteiger partial charge in [-0.1, -0.05) is 0 Å². The van der Waals surface area contributed by atoms with Crippen LogP contribution in [0, 0.1) is 5.92 Å². The Balaban J connectivity index is 1.81. The second kappa shape index (κ2) is 6.66. The van der Waals surface area contributed by atoms with Crippen LogP contribution in [0.3, 0.4) is 0 Å². The van der Waals surface area contributed by atoms with Gasteiger partial charge in [-0.2, -0.15) is 24.9 Å². The van der Waals surface area contributed by atoms with Crippen LogP contribution in [0.5, 0.6) is 0 Å². The summed E-state index contributed by atoms with van der Waals surface area (Å²) in [5, 5.41) is 0. The van der Waals surface area contributed by atoms with Crippen LogP contribution in [0.4, 0.5) is 13.2 Å². The van der Waals surface area contributed by atoms with Crippen LogP contribution in [0.2, 0.25) is 0 Å². The van der Waals surface area contributed by atoms with Crippen molar-refractivity contribution in [1.82, 2.24) is 0 Å². The molecule has 2 heterocycles. The van der Waals surface area contributed by atoms with Crippen molar-refractivity contribution in [3.05, 3.63) is 0 Å². The van der Waals surface area contributed by atoms with Crippen molar-refractivity contribution in [2.75, 3.05) is 31.3 Å². The second-order valence-electron chi connectivity index (χ2n) is 5.41. The first-order chi connectivity index (χ1) is 9.40. The van der Waals surface area contributed by atoms with Gasteiger partial charge in [0.2, 0.25) is 0 Å². The van der Waals surface area contributed by atoms with Crippen molar-refractivity contribution >= 4 is 17.5 Å². The summed E-state index contributed by atoms with van der Waals surface area (Å²) in [6.45, 7) is -1.29. The van der Waals surface area contributed by atoms with Gasteiger partial charge in [0.1, 0.15) is 13.2 Å². The number of ketones is 1. The van der Waals surface area contributed by atoms with Gasteiger partial charge in [0.05, 0.1) is 5.60 Å². The first-order valence-corrected chi connectivity index (χ1v) is 7.95. The fourth-order valence-corrected chi connectivity index (χ4v) is 4.02. The third-order valence-electron chi connectivity index (χ3n) is 3.86. The molecule has 0 bridgehead atoms. The molecule has 20 heavy (non-hydrogen) atoms. The van der Waals surface area contributed by atoms with Crippen LogP contribution in [-0.4, -0.2) is 48.9 Å². The molecule has 0 amide bonds. The van der Waals surface area contributed by atoms with Gasteiger partial charge in [0, 0.05) is 12.5 Å². The Labute approximate surface area is 120 Å². The first-order valence-electron chi connectivity index (χ1n) is 6.79. The molecule has 2 rings (SSSR count). The lowest BCUT2D eigenvalue weighted by atomic mass is 9.80. The highest BCUT2D eigenvalue weighted by atomic mass is 32.2. The maximum Gasteiger partial charge on any atom is 0.411 e. The normalized spacial score (nSPS) is 26.6. The van der Waals surface area contributed by atoms with E-state index in [-0.39, 0.29) is 17.3 Å². The highest BCUT2D eigenvalue weighted by molar-refractivity contribution is 7.99. The number of carbonyl (C=O) groups is 1. The lowest BCUT2D eigenvalue weighted by molar-refractivity contribution is -0.177. The van der Waals surface area contributed by atoms with Crippen molar-refractivity contribution in [2.45, 2.75) is 37.5 Å². The lowest BCUT2D eigenvalue weighted by Crippen LogP contribution is -2.45. The van der Waals surface area contributed by atoms with Crippen molar-refractivity contribution in [3.63, 3.8) is 0 Å². The highest BCUT2D eigenvalue weighted by Gasteiger charge is 2.41. The van der Waals surface area contributed by atoms with E-state index < -0.39 is 19.4 Å². The number of halogens is 3. The average Bonchev–Trinajstić information content (AvgIpc) is 2.38. The van der Waals surface area contributed by atoms with E-state index in [2.05, 4.69) is 4.74 Å². The molecular weight excluding hydrogens is 293 g/mol. The summed E-state index contributed by atoms with van der Waals surface area (Å²) < 4.78 is 46.3. The Morgan fingerprint density at radius 3 is 2.70 bits per heavy atom. The highest BCUT2D eigenvalue weighted by Crippen LogP contribution is 2.39. The topological polar surface area (TPSA) is 35.5 Å². The zero-order valence-corrected chi connectivity index (χ0v) is 12.0. The zero-order chi connectivity index (χ0) is 14.6. The molecule has 3 nitrogen and oxygen atoms in total. The van der Waals surface area contributed by atoms with E-state index in [1.54, 1.807) is 0 Å². The summed E-state index contributed by atoms with van der Waals surface area (Å²) in [6, 6.07) is 0. The fourth-order valence-electron chi connectivity index (χ4n) is 2.78. The quantitative estimate of drug-likeness (QED) is 0.800. The predicted octanol–water partition coefficient (Wildman–Crippen LogP) is 2.83. The molecule has 2 aliphatic heterocycles. The third kappa shape index (κ3) is 4.63. The molecule has 116 valence electrons. The molecule has 7 heteroatoms. The van der Waals surface area contributed by atoms with Gasteiger partial charge < -0.3 is 9.47 Å². The van der Waals surface area contributed by atoms with Gasteiger partial charge in [-0.3, -0.25) is 4.79 Å². The second-order valence-corrected chi connectivity index (χ2v) is 6.63. The molecule has 0 aromatic heterocycles. The lowest BCUT2D eigenvalue weighted by Gasteiger charge is -2.42. The standard InChI is InChI=1S/C13H19F3O3S/c14-13(15,16)9-18-8-11(17)10-1-4-19-12(7-10)2-5-20-6-3-12/h10H,1-9H2. The van der Waals surface area contributed by atoms with Crippen LogP contribution >= 0.6 is 11.8 Å². The van der Waals surface area contributed by atoms with E-state index in [9.17, 15) is 18.0 Å². The molecule has 0 aromatic carbocycles. The van der Waals surface area contributed by atoms with E-state index in [0.717, 1.165) is 24.3 Å². The Hall–Kier alpha value is -0.270. The minimum absolute atomic E-state index is 0.222. The molecule has 2 saturated heterocycles. The van der Waals surface area contributed by atoms with Crippen LogP contribution in [0.25, 0.3) is 0 Å². The number of carbonyl (C=O) groups excluding carboxylic acids is 1. The SMILES string of the molecule is O=C(COCC(F)(F)F)C1CCOC2(CCSCC2)C1. The Morgan fingerprint density at radius 2 is 2.05 bits per heavy atom. The fraction of sp³-hybridized carbons (Fsp3) is 0.923. The number of Topliss-reactive ketones (excluding diaryl/α,β-unsaturated/α-hetero) is 1. The number of hydrogen-bond acceptors (Lipinski definition) is 4. The van der Waals surface area contributed by atoms with E-state index in [1.165, 1.54) is 0 Å². The number of alkyl halides is 3. The molecule has 1 spiro atoms. The van der Waals surface area contributed by atoms with E-state index in [4.69, 9.17) is 4.74 Å².